The van der Waals surface area contributed by atoms with E-state index < -0.39 is 11.9 Å². The molecule has 1 amide bonds. The lowest BCUT2D eigenvalue weighted by molar-refractivity contribution is -0.118. The maximum Gasteiger partial charge on any atom is 0.241 e. The van der Waals surface area contributed by atoms with Crippen molar-refractivity contribution in [2.45, 2.75) is 26.3 Å². The highest BCUT2D eigenvalue weighted by atomic mass is 35.5. The van der Waals surface area contributed by atoms with Crippen LogP contribution in [0, 0.1) is 11.7 Å². The molecular weight excluding hydrogens is 243 g/mol. The van der Waals surface area contributed by atoms with Crippen LogP contribution in [0.15, 0.2) is 18.2 Å². The van der Waals surface area contributed by atoms with Crippen molar-refractivity contribution in [2.24, 2.45) is 11.7 Å². The summed E-state index contributed by atoms with van der Waals surface area (Å²) in [6, 6.07) is 3.43. The summed E-state index contributed by atoms with van der Waals surface area (Å²) in [5, 5.41) is 2.58. The highest BCUT2D eigenvalue weighted by molar-refractivity contribution is 6.31. The van der Waals surface area contributed by atoms with Crippen LogP contribution < -0.4 is 11.1 Å². The van der Waals surface area contributed by atoms with Gasteiger partial charge in [-0.3, -0.25) is 4.79 Å². The Bertz CT molecular complexity index is 411. The molecule has 0 radical (unpaired) electrons. The molecule has 5 heteroatoms. The first kappa shape index (κ1) is 13.9. The van der Waals surface area contributed by atoms with Crippen LogP contribution in [0.1, 0.15) is 20.3 Å². The Labute approximate surface area is 105 Å². The van der Waals surface area contributed by atoms with Gasteiger partial charge in [0.2, 0.25) is 5.91 Å². The number of hydrogen-bond donors (Lipinski definition) is 2. The molecule has 2 atom stereocenters. The van der Waals surface area contributed by atoms with Gasteiger partial charge < -0.3 is 11.1 Å². The molecule has 0 bridgehead atoms. The molecule has 0 aliphatic carbocycles. The van der Waals surface area contributed by atoms with Gasteiger partial charge in [-0.1, -0.05) is 31.9 Å². The minimum Gasteiger partial charge on any atom is -0.325 e. The van der Waals surface area contributed by atoms with Crippen LogP contribution in [0.3, 0.4) is 0 Å². The third-order valence-corrected chi connectivity index (χ3v) is 3.04. The number of benzene rings is 1. The van der Waals surface area contributed by atoms with Crippen molar-refractivity contribution in [1.29, 1.82) is 0 Å². The Morgan fingerprint density at radius 1 is 1.59 bits per heavy atom. The minimum atomic E-state index is -0.580. The lowest BCUT2D eigenvalue weighted by atomic mass is 9.99. The standard InChI is InChI=1S/C12H16ClFN2O/c1-3-7(2)11(15)12(17)16-8-4-5-10(14)9(13)6-8/h4-7,11H,3,15H2,1-2H3,(H,16,17)/t7-,11-/m0/s1. The first-order chi connectivity index (χ1) is 7.95. The van der Waals surface area contributed by atoms with Crippen LogP contribution >= 0.6 is 11.6 Å². The Balaban J connectivity index is 2.71. The van der Waals surface area contributed by atoms with Crippen LogP contribution in [0.25, 0.3) is 0 Å². The second kappa shape index (κ2) is 5.98. The van der Waals surface area contributed by atoms with Gasteiger partial charge >= 0.3 is 0 Å². The molecule has 17 heavy (non-hydrogen) atoms. The third-order valence-electron chi connectivity index (χ3n) is 2.75. The predicted molar refractivity (Wildman–Crippen MR) is 67.5 cm³/mol. The van der Waals surface area contributed by atoms with Gasteiger partial charge in [0.05, 0.1) is 11.1 Å². The van der Waals surface area contributed by atoms with Gasteiger partial charge in [-0.2, -0.15) is 0 Å². The largest absolute Gasteiger partial charge is 0.325 e. The Hall–Kier alpha value is -1.13. The van der Waals surface area contributed by atoms with E-state index in [0.717, 1.165) is 6.42 Å². The number of nitrogens with two attached hydrogens (primary N) is 1. The van der Waals surface area contributed by atoms with E-state index in [2.05, 4.69) is 5.32 Å². The van der Waals surface area contributed by atoms with E-state index in [9.17, 15) is 9.18 Å². The van der Waals surface area contributed by atoms with Crippen molar-refractivity contribution >= 4 is 23.2 Å². The summed E-state index contributed by atoms with van der Waals surface area (Å²) in [6.45, 7) is 3.87. The van der Waals surface area contributed by atoms with Crippen molar-refractivity contribution in [3.63, 3.8) is 0 Å². The quantitative estimate of drug-likeness (QED) is 0.873. The second-order valence-electron chi connectivity index (χ2n) is 4.03. The van der Waals surface area contributed by atoms with E-state index in [1.54, 1.807) is 0 Å². The summed E-state index contributed by atoms with van der Waals surface area (Å²) < 4.78 is 12.9. The highest BCUT2D eigenvalue weighted by Crippen LogP contribution is 2.19. The Morgan fingerprint density at radius 2 is 2.24 bits per heavy atom. The van der Waals surface area contributed by atoms with Crippen molar-refractivity contribution < 1.29 is 9.18 Å². The summed E-state index contributed by atoms with van der Waals surface area (Å²) in [5.41, 5.74) is 6.21. The molecule has 0 saturated heterocycles. The van der Waals surface area contributed by atoms with E-state index >= 15 is 0 Å². The van der Waals surface area contributed by atoms with Crippen molar-refractivity contribution in [3.8, 4) is 0 Å². The molecule has 3 N–H and O–H groups in total. The monoisotopic (exact) mass is 258 g/mol. The van der Waals surface area contributed by atoms with E-state index in [1.807, 2.05) is 13.8 Å². The molecule has 0 saturated carbocycles. The SMILES string of the molecule is CC[C@H](C)[C@H](N)C(=O)Nc1ccc(F)c(Cl)c1. The number of rotatable bonds is 4. The van der Waals surface area contributed by atoms with Crippen LogP contribution in [0.2, 0.25) is 5.02 Å². The molecule has 94 valence electrons. The molecular formula is C12H16ClFN2O. The molecule has 1 aromatic rings. The number of anilines is 1. The van der Waals surface area contributed by atoms with E-state index in [0.29, 0.717) is 5.69 Å². The summed E-state index contributed by atoms with van der Waals surface area (Å²) in [5.74, 6) is -0.719. The number of carbonyl (C=O) groups excluding carboxylic acids is 1. The van der Waals surface area contributed by atoms with Gasteiger partial charge in [0.1, 0.15) is 5.82 Å². The van der Waals surface area contributed by atoms with Gasteiger partial charge in [0, 0.05) is 5.69 Å². The molecule has 0 aliphatic heterocycles. The second-order valence-corrected chi connectivity index (χ2v) is 4.44. The van der Waals surface area contributed by atoms with E-state index in [4.69, 9.17) is 17.3 Å². The van der Waals surface area contributed by atoms with Gasteiger partial charge in [-0.15, -0.1) is 0 Å². The van der Waals surface area contributed by atoms with Crippen molar-refractivity contribution in [1.82, 2.24) is 0 Å². The molecule has 0 spiro atoms. The van der Waals surface area contributed by atoms with E-state index in [-0.39, 0.29) is 16.8 Å². The lowest BCUT2D eigenvalue weighted by Gasteiger charge is -2.17. The molecule has 0 aromatic heterocycles. The first-order valence-corrected chi connectivity index (χ1v) is 5.85. The summed E-state index contributed by atoms with van der Waals surface area (Å²) in [4.78, 5) is 11.7. The topological polar surface area (TPSA) is 55.1 Å². The fourth-order valence-electron chi connectivity index (χ4n) is 1.31. The minimum absolute atomic E-state index is 0.0279. The van der Waals surface area contributed by atoms with Gasteiger partial charge in [-0.05, 0) is 24.1 Å². The maximum absolute atomic E-state index is 12.9. The summed E-state index contributed by atoms with van der Waals surface area (Å²) in [6.07, 6.45) is 0.818. The molecule has 1 aromatic carbocycles. The normalized spacial score (nSPS) is 14.2. The van der Waals surface area contributed by atoms with Crippen molar-refractivity contribution in [2.75, 3.05) is 5.32 Å². The smallest absolute Gasteiger partial charge is 0.241 e. The zero-order valence-electron chi connectivity index (χ0n) is 9.84. The number of nitrogens with one attached hydrogen (secondary N) is 1. The van der Waals surface area contributed by atoms with Gasteiger partial charge in [0.15, 0.2) is 0 Å². The van der Waals surface area contributed by atoms with Crippen LogP contribution in [0.4, 0.5) is 10.1 Å². The summed E-state index contributed by atoms with van der Waals surface area (Å²) >= 11 is 5.61. The maximum atomic E-state index is 12.9. The number of carbonyl (C=O) groups is 1. The molecule has 3 nitrogen and oxygen atoms in total. The van der Waals surface area contributed by atoms with Crippen LogP contribution in [-0.2, 0) is 4.79 Å². The number of halogens is 2. The number of hydrogen-bond acceptors (Lipinski definition) is 2. The van der Waals surface area contributed by atoms with E-state index in [1.165, 1.54) is 18.2 Å². The predicted octanol–water partition coefficient (Wildman–Crippen LogP) is 2.79. The highest BCUT2D eigenvalue weighted by Gasteiger charge is 2.19. The number of amides is 1. The fourth-order valence-corrected chi connectivity index (χ4v) is 1.49. The molecule has 0 heterocycles. The fraction of sp³-hybridized carbons (Fsp3) is 0.417. The molecule has 0 fully saturated rings. The molecule has 1 rings (SSSR count). The Morgan fingerprint density at radius 3 is 2.76 bits per heavy atom. The molecule has 0 aliphatic rings. The van der Waals surface area contributed by atoms with Crippen LogP contribution in [0.5, 0.6) is 0 Å². The first-order valence-electron chi connectivity index (χ1n) is 5.47. The zero-order chi connectivity index (χ0) is 13.0. The van der Waals surface area contributed by atoms with Gasteiger partial charge in [0.25, 0.3) is 0 Å². The molecule has 0 unspecified atom stereocenters. The lowest BCUT2D eigenvalue weighted by Crippen LogP contribution is -2.40. The summed E-state index contributed by atoms with van der Waals surface area (Å²) in [7, 11) is 0. The average molecular weight is 259 g/mol. The van der Waals surface area contributed by atoms with Crippen LogP contribution in [-0.4, -0.2) is 11.9 Å². The van der Waals surface area contributed by atoms with Gasteiger partial charge in [-0.25, -0.2) is 4.39 Å². The third kappa shape index (κ3) is 3.68. The Kier molecular flexibility index (Phi) is 4.90. The zero-order valence-corrected chi connectivity index (χ0v) is 10.6. The average Bonchev–Trinajstić information content (AvgIpc) is 2.31. The van der Waals surface area contributed by atoms with Crippen molar-refractivity contribution in [3.05, 3.63) is 29.0 Å².